The number of carbonyl (C=O) groups excluding carboxylic acids is 2. The summed E-state index contributed by atoms with van der Waals surface area (Å²) in [6, 6.07) is 9.21. The van der Waals surface area contributed by atoms with E-state index in [9.17, 15) is 9.59 Å². The molecule has 0 aliphatic carbocycles. The van der Waals surface area contributed by atoms with E-state index >= 15 is 0 Å². The predicted octanol–water partition coefficient (Wildman–Crippen LogP) is 4.64. The van der Waals surface area contributed by atoms with Crippen LogP contribution in [0.5, 0.6) is 0 Å². The Labute approximate surface area is 169 Å². The molecule has 1 N–H and O–H groups in total. The molecule has 2 heterocycles. The number of hydrogen-bond acceptors (Lipinski definition) is 7. The van der Waals surface area contributed by atoms with E-state index in [0.717, 1.165) is 5.69 Å². The van der Waals surface area contributed by atoms with Crippen molar-refractivity contribution in [3.8, 4) is 0 Å². The maximum atomic E-state index is 12.4. The molecule has 1 unspecified atom stereocenters. The fourth-order valence-electron chi connectivity index (χ4n) is 2.27. The number of nitrogens with zero attached hydrogens (tertiary/aromatic N) is 2. The van der Waals surface area contributed by atoms with E-state index in [-0.39, 0.29) is 17.7 Å². The fraction of sp³-hybridized carbons (Fsp3) is 0.222. The highest BCUT2D eigenvalue weighted by Crippen LogP contribution is 2.33. The highest BCUT2D eigenvalue weighted by Gasteiger charge is 2.21. The molecule has 0 aliphatic rings. The molecule has 0 saturated carbocycles. The molecule has 9 heteroatoms. The minimum atomic E-state index is -0.453. The van der Waals surface area contributed by atoms with Crippen molar-refractivity contribution >= 4 is 62.5 Å². The normalized spacial score (nSPS) is 12.0. The van der Waals surface area contributed by atoms with E-state index in [1.807, 2.05) is 30.3 Å². The number of halogens is 1. The number of rotatable bonds is 6. The van der Waals surface area contributed by atoms with Gasteiger partial charge in [-0.15, -0.1) is 11.3 Å². The average Bonchev–Trinajstić information content (AvgIpc) is 3.07. The Morgan fingerprint density at radius 1 is 1.30 bits per heavy atom. The number of esters is 1. The van der Waals surface area contributed by atoms with Gasteiger partial charge in [-0.1, -0.05) is 41.6 Å². The summed E-state index contributed by atoms with van der Waals surface area (Å²) in [5.74, 6) is -0.616. The van der Waals surface area contributed by atoms with Gasteiger partial charge in [0, 0.05) is 11.1 Å². The number of hydrogen-bond donors (Lipinski definition) is 1. The largest absolute Gasteiger partial charge is 0.462 e. The Bertz CT molecular complexity index is 979. The summed E-state index contributed by atoms with van der Waals surface area (Å²) in [6.45, 7) is 3.78. The molecule has 6 nitrogen and oxygen atoms in total. The van der Waals surface area contributed by atoms with Crippen molar-refractivity contribution in [2.24, 2.45) is 0 Å². The van der Waals surface area contributed by atoms with Gasteiger partial charge in [0.25, 0.3) is 0 Å². The molecule has 0 bridgehead atoms. The molecule has 27 heavy (non-hydrogen) atoms. The summed E-state index contributed by atoms with van der Waals surface area (Å²) >= 11 is 8.76. The first kappa shape index (κ1) is 19.6. The van der Waals surface area contributed by atoms with Gasteiger partial charge in [0.1, 0.15) is 9.98 Å². The summed E-state index contributed by atoms with van der Waals surface area (Å²) in [7, 11) is 0. The number of anilines is 1. The number of ether oxygens (including phenoxy) is 1. The second kappa shape index (κ2) is 8.69. The van der Waals surface area contributed by atoms with E-state index in [1.54, 1.807) is 19.2 Å². The Morgan fingerprint density at radius 2 is 2.04 bits per heavy atom. The van der Waals surface area contributed by atoms with Crippen molar-refractivity contribution in [2.75, 3.05) is 11.9 Å². The lowest BCUT2D eigenvalue weighted by Crippen LogP contribution is -2.22. The molecule has 1 aromatic carbocycles. The molecule has 0 saturated heterocycles. The molecule has 140 valence electrons. The van der Waals surface area contributed by atoms with E-state index in [2.05, 4.69) is 15.3 Å². The number of aromatic nitrogens is 2. The summed E-state index contributed by atoms with van der Waals surface area (Å²) in [5.41, 5.74) is 1.08. The molecule has 3 aromatic rings. The van der Waals surface area contributed by atoms with Crippen LogP contribution in [0.1, 0.15) is 24.2 Å². The van der Waals surface area contributed by atoms with Gasteiger partial charge in [0.05, 0.1) is 22.8 Å². The lowest BCUT2D eigenvalue weighted by molar-refractivity contribution is -0.115. The number of thiophene rings is 1. The number of thioether (sulfide) groups is 1. The minimum absolute atomic E-state index is 0.163. The predicted molar refractivity (Wildman–Crippen MR) is 109 cm³/mol. The lowest BCUT2D eigenvalue weighted by atomic mass is 10.2. The molecule has 0 fully saturated rings. The van der Waals surface area contributed by atoms with Crippen LogP contribution in [0.2, 0.25) is 5.15 Å². The van der Waals surface area contributed by atoms with Gasteiger partial charge in [0.15, 0.2) is 5.16 Å². The van der Waals surface area contributed by atoms with Gasteiger partial charge >= 0.3 is 5.97 Å². The van der Waals surface area contributed by atoms with Crippen molar-refractivity contribution in [1.82, 2.24) is 9.97 Å². The third-order valence-electron chi connectivity index (χ3n) is 3.56. The maximum Gasteiger partial charge on any atom is 0.339 e. The number of para-hydroxylation sites is 1. The number of benzene rings is 1. The van der Waals surface area contributed by atoms with Gasteiger partial charge in [-0.2, -0.15) is 0 Å². The quantitative estimate of drug-likeness (QED) is 0.270. The summed E-state index contributed by atoms with van der Waals surface area (Å²) in [5, 5.41) is 5.09. The molecule has 0 radical (unpaired) electrons. The molecule has 3 rings (SSSR count). The van der Waals surface area contributed by atoms with Crippen LogP contribution in [0.3, 0.4) is 0 Å². The zero-order valence-corrected chi connectivity index (χ0v) is 17.0. The number of amides is 1. The van der Waals surface area contributed by atoms with Crippen LogP contribution in [-0.4, -0.2) is 33.7 Å². The van der Waals surface area contributed by atoms with Gasteiger partial charge in [-0.25, -0.2) is 14.8 Å². The molecule has 2 aromatic heterocycles. The first-order valence-electron chi connectivity index (χ1n) is 8.14. The third-order valence-corrected chi connectivity index (χ3v) is 5.66. The van der Waals surface area contributed by atoms with Crippen LogP contribution in [0, 0.1) is 0 Å². The number of nitrogens with one attached hydrogen (secondary N) is 1. The van der Waals surface area contributed by atoms with Crippen molar-refractivity contribution in [3.63, 3.8) is 0 Å². The van der Waals surface area contributed by atoms with E-state index < -0.39 is 11.2 Å². The van der Waals surface area contributed by atoms with Crippen molar-refractivity contribution in [3.05, 3.63) is 46.4 Å². The molecular formula is C18H16ClN3O3S2. The van der Waals surface area contributed by atoms with Crippen LogP contribution in [0.15, 0.2) is 40.9 Å². The van der Waals surface area contributed by atoms with Gasteiger partial charge in [0.2, 0.25) is 5.91 Å². The molecule has 1 atom stereocenters. The van der Waals surface area contributed by atoms with Crippen LogP contribution >= 0.6 is 34.7 Å². The fourth-order valence-corrected chi connectivity index (χ4v) is 4.38. The average molecular weight is 422 g/mol. The topological polar surface area (TPSA) is 81.2 Å². The van der Waals surface area contributed by atoms with Gasteiger partial charge < -0.3 is 10.1 Å². The van der Waals surface area contributed by atoms with E-state index in [0.29, 0.717) is 20.9 Å². The van der Waals surface area contributed by atoms with Crippen LogP contribution in [-0.2, 0) is 9.53 Å². The van der Waals surface area contributed by atoms with Gasteiger partial charge in [-0.3, -0.25) is 4.79 Å². The lowest BCUT2D eigenvalue weighted by Gasteiger charge is -2.11. The Morgan fingerprint density at radius 3 is 2.74 bits per heavy atom. The minimum Gasteiger partial charge on any atom is -0.462 e. The second-order valence-corrected chi connectivity index (χ2v) is 7.99. The Hall–Kier alpha value is -2.16. The smallest absolute Gasteiger partial charge is 0.339 e. The molecule has 0 spiro atoms. The first-order chi connectivity index (χ1) is 13.0. The van der Waals surface area contributed by atoms with E-state index in [4.69, 9.17) is 16.3 Å². The summed E-state index contributed by atoms with van der Waals surface area (Å²) < 4.78 is 5.03. The molecule has 1 amide bonds. The zero-order chi connectivity index (χ0) is 19.4. The van der Waals surface area contributed by atoms with E-state index in [1.165, 1.54) is 23.1 Å². The third kappa shape index (κ3) is 4.58. The SMILES string of the molecule is CCOC(=O)c1csc2nc(SC(C)C(=O)Nc3ccccc3)nc(Cl)c12. The highest BCUT2D eigenvalue weighted by molar-refractivity contribution is 8.00. The number of carbonyl (C=O) groups is 2. The van der Waals surface area contributed by atoms with Crippen LogP contribution in [0.4, 0.5) is 5.69 Å². The zero-order valence-electron chi connectivity index (χ0n) is 14.6. The Kier molecular flexibility index (Phi) is 6.30. The van der Waals surface area contributed by atoms with Crippen LogP contribution in [0.25, 0.3) is 10.2 Å². The standard InChI is InChI=1S/C18H16ClN3O3S2/c1-3-25-17(24)12-9-26-16-13(12)14(19)21-18(22-16)27-10(2)15(23)20-11-7-5-4-6-8-11/h4-10H,3H2,1-2H3,(H,20,23). The summed E-state index contributed by atoms with van der Waals surface area (Å²) in [4.78, 5) is 33.6. The van der Waals surface area contributed by atoms with Crippen LogP contribution < -0.4 is 5.32 Å². The maximum absolute atomic E-state index is 12.4. The monoisotopic (exact) mass is 421 g/mol. The molecular weight excluding hydrogens is 406 g/mol. The van der Waals surface area contributed by atoms with Crippen molar-refractivity contribution in [1.29, 1.82) is 0 Å². The van der Waals surface area contributed by atoms with Crippen molar-refractivity contribution in [2.45, 2.75) is 24.3 Å². The summed E-state index contributed by atoms with van der Waals surface area (Å²) in [6.07, 6.45) is 0. The van der Waals surface area contributed by atoms with Gasteiger partial charge in [-0.05, 0) is 26.0 Å². The highest BCUT2D eigenvalue weighted by atomic mass is 35.5. The van der Waals surface area contributed by atoms with Crippen molar-refractivity contribution < 1.29 is 14.3 Å². The molecule has 0 aliphatic heterocycles. The Balaban J connectivity index is 1.77. The number of fused-ring (bicyclic) bond motifs is 1. The second-order valence-electron chi connectivity index (χ2n) is 5.46. The first-order valence-corrected chi connectivity index (χ1v) is 10.3.